The molecule has 0 spiro atoms. The molecular formula is C8H15NO6. The van der Waals surface area contributed by atoms with Gasteiger partial charge in [0.05, 0.1) is 6.61 Å². The van der Waals surface area contributed by atoms with Gasteiger partial charge in [-0.15, -0.1) is 0 Å². The summed E-state index contributed by atoms with van der Waals surface area (Å²) >= 11 is 0. The van der Waals surface area contributed by atoms with E-state index in [9.17, 15) is 19.8 Å². The number of aldehydes is 1. The van der Waals surface area contributed by atoms with Crippen LogP contribution in [0.5, 0.6) is 0 Å². The molecule has 0 rings (SSSR count). The number of amides is 1. The highest BCUT2D eigenvalue weighted by molar-refractivity contribution is 5.77. The van der Waals surface area contributed by atoms with Crippen LogP contribution in [0.2, 0.25) is 0 Å². The first-order chi connectivity index (χ1) is 6.93. The first-order valence-corrected chi connectivity index (χ1v) is 4.31. The second-order valence-corrected chi connectivity index (χ2v) is 3.09. The first-order valence-electron chi connectivity index (χ1n) is 4.31. The van der Waals surface area contributed by atoms with Crippen LogP contribution in [0.4, 0.5) is 0 Å². The van der Waals surface area contributed by atoms with Crippen LogP contribution in [-0.4, -0.2) is 63.6 Å². The lowest BCUT2D eigenvalue weighted by atomic mass is 11.0. The van der Waals surface area contributed by atoms with Gasteiger partial charge in [-0.05, 0) is 0 Å². The summed E-state index contributed by atoms with van der Waals surface area (Å²) in [4.78, 5) is 21.1. The van der Waals surface area contributed by atoms with E-state index in [2.05, 4.69) is 5.32 Å². The quantitative estimate of drug-likeness (QED) is 0.185. The number of aliphatic hydroxyl groups excluding tert-OH is 4. The third-order valence-corrected chi connectivity index (χ3v) is 1.82. The zero-order chi connectivity index (χ0) is 12.0. The molecule has 0 radical (unpaired) electrons. The van der Waals surface area contributed by atoms with Gasteiger partial charge in [-0.25, -0.2) is 0 Å². The van der Waals surface area contributed by atoms with Crippen molar-refractivity contribution >= 4 is 12.2 Å². The zero-order valence-corrected chi connectivity index (χ0v) is 8.20. The second-order valence-electron chi connectivity index (χ2n) is 3.09. The fraction of sp³-hybridized carbons (Fsp3) is 0.750. The molecule has 0 aliphatic carbocycles. The molecule has 0 aliphatic rings. The Kier molecular flexibility index (Phi) is 6.02. The van der Waals surface area contributed by atoms with E-state index in [0.29, 0.717) is 0 Å². The highest BCUT2D eigenvalue weighted by Gasteiger charge is 2.31. The van der Waals surface area contributed by atoms with Gasteiger partial charge in [-0.1, -0.05) is 0 Å². The largest absolute Gasteiger partial charge is 0.394 e. The van der Waals surface area contributed by atoms with E-state index in [1.165, 1.54) is 0 Å². The van der Waals surface area contributed by atoms with Crippen LogP contribution in [-0.2, 0) is 9.59 Å². The normalized spacial score (nSPS) is 18.7. The molecule has 1 amide bonds. The predicted octanol–water partition coefficient (Wildman–Crippen LogP) is -3.23. The first kappa shape index (κ1) is 14.0. The van der Waals surface area contributed by atoms with E-state index >= 15 is 0 Å². The molecule has 7 heteroatoms. The summed E-state index contributed by atoms with van der Waals surface area (Å²) in [5.41, 5.74) is 0. The van der Waals surface area contributed by atoms with E-state index in [4.69, 9.17) is 10.2 Å². The van der Waals surface area contributed by atoms with Gasteiger partial charge in [0.2, 0.25) is 5.91 Å². The molecule has 0 aromatic heterocycles. The summed E-state index contributed by atoms with van der Waals surface area (Å²) in [6.07, 6.45) is -4.72. The Morgan fingerprint density at radius 2 is 1.87 bits per heavy atom. The van der Waals surface area contributed by atoms with Crippen molar-refractivity contribution in [2.45, 2.75) is 31.3 Å². The number of rotatable bonds is 6. The third-order valence-electron chi connectivity index (χ3n) is 1.82. The molecule has 0 bridgehead atoms. The average molecular weight is 230 g/mol. The highest BCUT2D eigenvalue weighted by Crippen LogP contribution is 2.03. The molecule has 0 aromatic rings. The summed E-state index contributed by atoms with van der Waals surface area (Å²) in [5, 5.41) is 38.2. The second kappa shape index (κ2) is 6.46. The van der Waals surface area contributed by atoms with Crippen LogP contribution in [0, 0.1) is 0 Å². The molecule has 0 fully saturated rings. The molecule has 7 nitrogen and oxygen atoms in total. The minimum atomic E-state index is -1.71. The zero-order valence-electron chi connectivity index (χ0n) is 8.20. The van der Waals surface area contributed by atoms with E-state index in [0.717, 1.165) is 6.92 Å². The van der Waals surface area contributed by atoms with E-state index in [1.54, 1.807) is 0 Å². The number of hydrogen-bond acceptors (Lipinski definition) is 6. The summed E-state index contributed by atoms with van der Waals surface area (Å²) in [7, 11) is 0. The number of nitrogens with one attached hydrogen (secondary N) is 1. The minimum Gasteiger partial charge on any atom is -0.394 e. The Labute approximate surface area is 86.3 Å². The van der Waals surface area contributed by atoms with Gasteiger partial charge in [0.15, 0.2) is 0 Å². The van der Waals surface area contributed by atoms with Crippen molar-refractivity contribution in [1.82, 2.24) is 5.32 Å². The number of carbonyl (C=O) groups is 2. The Morgan fingerprint density at radius 3 is 2.20 bits per heavy atom. The molecule has 0 unspecified atom stereocenters. The lowest BCUT2D eigenvalue weighted by molar-refractivity contribution is -0.129. The van der Waals surface area contributed by atoms with Gasteiger partial charge >= 0.3 is 0 Å². The van der Waals surface area contributed by atoms with Crippen molar-refractivity contribution in [2.24, 2.45) is 0 Å². The lowest BCUT2D eigenvalue weighted by Gasteiger charge is -2.25. The summed E-state index contributed by atoms with van der Waals surface area (Å²) < 4.78 is 0. The van der Waals surface area contributed by atoms with Crippen molar-refractivity contribution in [3.8, 4) is 0 Å². The van der Waals surface area contributed by atoms with Crippen LogP contribution in [0.15, 0.2) is 0 Å². The molecule has 0 saturated heterocycles. The fourth-order valence-electron chi connectivity index (χ4n) is 0.983. The molecule has 88 valence electrons. The number of carbonyl (C=O) groups excluding carboxylic acids is 2. The smallest absolute Gasteiger partial charge is 0.217 e. The Morgan fingerprint density at radius 1 is 1.33 bits per heavy atom. The molecule has 15 heavy (non-hydrogen) atoms. The molecule has 0 saturated carbocycles. The number of hydrogen-bond donors (Lipinski definition) is 5. The Bertz CT molecular complexity index is 221. The average Bonchev–Trinajstić information content (AvgIpc) is 2.22. The maximum atomic E-state index is 10.6. The van der Waals surface area contributed by atoms with E-state index < -0.39 is 36.9 Å². The van der Waals surface area contributed by atoms with Crippen molar-refractivity contribution in [3.63, 3.8) is 0 Å². The lowest BCUT2D eigenvalue weighted by Crippen LogP contribution is -2.53. The van der Waals surface area contributed by atoms with Crippen molar-refractivity contribution in [1.29, 1.82) is 0 Å². The van der Waals surface area contributed by atoms with Crippen molar-refractivity contribution < 1.29 is 30.0 Å². The molecule has 0 aromatic carbocycles. The van der Waals surface area contributed by atoms with E-state index in [1.807, 2.05) is 0 Å². The van der Waals surface area contributed by atoms with Crippen LogP contribution >= 0.6 is 0 Å². The maximum absolute atomic E-state index is 10.6. The van der Waals surface area contributed by atoms with Crippen LogP contribution < -0.4 is 5.32 Å². The summed E-state index contributed by atoms with van der Waals surface area (Å²) in [5.74, 6) is -0.558. The van der Waals surface area contributed by atoms with Crippen molar-refractivity contribution in [2.75, 3.05) is 6.61 Å². The van der Waals surface area contributed by atoms with Crippen LogP contribution in [0.3, 0.4) is 0 Å². The fourth-order valence-corrected chi connectivity index (χ4v) is 0.983. The van der Waals surface area contributed by atoms with Gasteiger partial charge in [0.1, 0.15) is 30.6 Å². The van der Waals surface area contributed by atoms with Gasteiger partial charge in [-0.3, -0.25) is 4.79 Å². The minimum absolute atomic E-state index is 0.235. The van der Waals surface area contributed by atoms with Crippen molar-refractivity contribution in [3.05, 3.63) is 0 Å². The summed E-state index contributed by atoms with van der Waals surface area (Å²) in [6, 6.07) is -1.32. The van der Waals surface area contributed by atoms with Crippen LogP contribution in [0.25, 0.3) is 0 Å². The maximum Gasteiger partial charge on any atom is 0.217 e. The number of aliphatic hydroxyl groups is 4. The molecular weight excluding hydrogens is 215 g/mol. The van der Waals surface area contributed by atoms with E-state index in [-0.39, 0.29) is 6.29 Å². The van der Waals surface area contributed by atoms with Crippen LogP contribution in [0.1, 0.15) is 6.92 Å². The molecule has 4 atom stereocenters. The van der Waals surface area contributed by atoms with Gasteiger partial charge in [0.25, 0.3) is 0 Å². The third kappa shape index (κ3) is 4.34. The van der Waals surface area contributed by atoms with Gasteiger partial charge in [-0.2, -0.15) is 0 Å². The predicted molar refractivity (Wildman–Crippen MR) is 48.8 cm³/mol. The molecule has 0 aliphatic heterocycles. The molecule has 5 N–H and O–H groups in total. The SMILES string of the molecule is [13CH3][13C](=O)[15NH][13C@@H]([13CH]=O)[13C@@H](O)[13C@H](O)[13C@H](O)[13CH2]O. The standard InChI is InChI=1S/C8H15NO6/c1-4(12)9-5(2-10)7(14)8(15)6(13)3-11/h2,5-8,11,13-15H,3H2,1H3,(H,9,12)/t5-,6+,7+,8+/m0/s1/i1+1,2+1,3+1,4+1,5+1,6+1,7+1,8+1,9+1. The Hall–Kier alpha value is -1.02. The van der Waals surface area contributed by atoms with Gasteiger partial charge < -0.3 is 30.5 Å². The summed E-state index contributed by atoms with van der Waals surface area (Å²) in [6.45, 7) is 0.377. The van der Waals surface area contributed by atoms with Gasteiger partial charge in [0, 0.05) is 6.92 Å². The highest BCUT2D eigenvalue weighted by atomic mass is 16.5. The Balaban J connectivity index is 4.42. The molecule has 0 heterocycles. The topological polar surface area (TPSA) is 127 Å². The monoisotopic (exact) mass is 230 g/mol.